The zero-order chi connectivity index (χ0) is 20.1. The van der Waals surface area contributed by atoms with Gasteiger partial charge in [-0.15, -0.1) is 0 Å². The number of alkyl halides is 1. The Morgan fingerprint density at radius 3 is 2.59 bits per heavy atom. The number of diazo groups is 1. The standard InChI is InChI=1S/C16H15FN4O6/c1-8(17)13-11(19-15(13)23)6-12(22)14(20-18)16(24)27-7-9-2-4-10(5-3-9)21(25)26/h2-5,8,11,13H,6-7H2,1H3,(H-,19,22,23,24)/p+1/t8-,11?,13?/m1/s1. The molecule has 3 atom stereocenters. The molecule has 1 fully saturated rings. The van der Waals surface area contributed by atoms with E-state index in [1.807, 2.05) is 0 Å². The van der Waals surface area contributed by atoms with Gasteiger partial charge >= 0.3 is 11.7 Å². The third-order valence-electron chi connectivity index (χ3n) is 4.06. The Labute approximate surface area is 152 Å². The zero-order valence-electron chi connectivity index (χ0n) is 14.2. The number of ether oxygens (including phenoxy) is 1. The number of esters is 1. The monoisotopic (exact) mass is 379 g/mol. The second-order valence-electron chi connectivity index (χ2n) is 5.92. The Morgan fingerprint density at radius 1 is 1.48 bits per heavy atom. The van der Waals surface area contributed by atoms with Crippen molar-refractivity contribution >= 4 is 17.6 Å². The molecule has 0 aromatic heterocycles. The summed E-state index contributed by atoms with van der Waals surface area (Å²) in [5.41, 5.74) is -0.473. The second-order valence-corrected chi connectivity index (χ2v) is 5.92. The van der Waals surface area contributed by atoms with Crippen molar-refractivity contribution in [2.45, 2.75) is 32.2 Å². The van der Waals surface area contributed by atoms with Gasteiger partial charge in [-0.25, -0.2) is 9.18 Å². The summed E-state index contributed by atoms with van der Waals surface area (Å²) in [7, 11) is 0. The summed E-state index contributed by atoms with van der Waals surface area (Å²) in [6.45, 7) is 0.917. The number of nitro benzene ring substituents is 1. The average molecular weight is 379 g/mol. The van der Waals surface area contributed by atoms with Gasteiger partial charge in [0.1, 0.15) is 12.8 Å². The topological polar surface area (TPSA) is 147 Å². The van der Waals surface area contributed by atoms with Crippen molar-refractivity contribution in [3.63, 3.8) is 0 Å². The maximum absolute atomic E-state index is 13.4. The molecule has 0 bridgehead atoms. The van der Waals surface area contributed by atoms with Gasteiger partial charge in [-0.05, 0) is 24.6 Å². The molecule has 1 aliphatic rings. The van der Waals surface area contributed by atoms with Crippen LogP contribution in [0.5, 0.6) is 0 Å². The molecule has 1 heterocycles. The summed E-state index contributed by atoms with van der Waals surface area (Å²) in [6, 6.07) is 4.47. The average Bonchev–Trinajstić information content (AvgIpc) is 2.59. The molecule has 1 aromatic carbocycles. The lowest BCUT2D eigenvalue weighted by atomic mass is 9.84. The van der Waals surface area contributed by atoms with Gasteiger partial charge < -0.3 is 15.2 Å². The Bertz CT molecular complexity index is 830. The van der Waals surface area contributed by atoms with Gasteiger partial charge in [0.25, 0.3) is 5.69 Å². The molecular weight excluding hydrogens is 363 g/mol. The maximum Gasteiger partial charge on any atom is 0.505 e. The highest BCUT2D eigenvalue weighted by molar-refractivity contribution is 5.91. The minimum absolute atomic E-state index is 0.132. The quantitative estimate of drug-likeness (QED) is 0.140. The lowest BCUT2D eigenvalue weighted by molar-refractivity contribution is -0.384. The number of amides is 1. The molecule has 2 N–H and O–H groups in total. The Hall–Kier alpha value is -3.55. The van der Waals surface area contributed by atoms with E-state index in [4.69, 9.17) is 10.1 Å². The van der Waals surface area contributed by atoms with Crippen molar-refractivity contribution in [1.82, 2.24) is 5.32 Å². The van der Waals surface area contributed by atoms with Crippen molar-refractivity contribution in [3.05, 3.63) is 56.4 Å². The fourth-order valence-corrected chi connectivity index (χ4v) is 2.61. The van der Waals surface area contributed by atoms with Gasteiger partial charge in [-0.3, -0.25) is 14.9 Å². The Balaban J connectivity index is 2.00. The number of hydrogen-bond acceptors (Lipinski definition) is 7. The molecule has 11 heteroatoms. The van der Waals surface area contributed by atoms with Gasteiger partial charge in [-0.1, -0.05) is 0 Å². The number of halogens is 1. The van der Waals surface area contributed by atoms with E-state index in [0.717, 1.165) is 0 Å². The smallest absolute Gasteiger partial charge is 0.505 e. The van der Waals surface area contributed by atoms with Crippen LogP contribution in [0.4, 0.5) is 10.1 Å². The van der Waals surface area contributed by atoms with Crippen LogP contribution in [0.25, 0.3) is 4.98 Å². The lowest BCUT2D eigenvalue weighted by Gasteiger charge is -2.37. The predicted octanol–water partition coefficient (Wildman–Crippen LogP) is 2.12. The van der Waals surface area contributed by atoms with E-state index in [1.54, 1.807) is 0 Å². The van der Waals surface area contributed by atoms with E-state index >= 15 is 0 Å². The second kappa shape index (κ2) is 8.22. The fraction of sp³-hybridized carbons (Fsp3) is 0.375. The summed E-state index contributed by atoms with van der Waals surface area (Å²) in [6.07, 6.45) is -1.75. The minimum Gasteiger partial charge on any atom is -0.505 e. The molecule has 2 rings (SSSR count). The number of nitro groups is 1. The molecule has 10 nitrogen and oxygen atoms in total. The van der Waals surface area contributed by atoms with Gasteiger partial charge in [0.2, 0.25) is 11.3 Å². The molecule has 1 aliphatic heterocycles. The third kappa shape index (κ3) is 4.55. The number of non-ortho nitro benzene ring substituents is 1. The number of benzene rings is 1. The first kappa shape index (κ1) is 19.8. The molecule has 0 radical (unpaired) electrons. The number of carbonyl (C=O) groups is 2. The van der Waals surface area contributed by atoms with Crippen molar-refractivity contribution in [3.8, 4) is 0 Å². The number of aliphatic hydroxyl groups is 1. The summed E-state index contributed by atoms with van der Waals surface area (Å²) in [4.78, 5) is 36.0. The minimum atomic E-state index is -1.44. The summed E-state index contributed by atoms with van der Waals surface area (Å²) < 4.78 is 18.3. The van der Waals surface area contributed by atoms with Crippen molar-refractivity contribution in [1.29, 1.82) is 5.39 Å². The van der Waals surface area contributed by atoms with Crippen LogP contribution < -0.4 is 5.32 Å². The molecule has 2 unspecified atom stereocenters. The van der Waals surface area contributed by atoms with E-state index in [-0.39, 0.29) is 18.7 Å². The van der Waals surface area contributed by atoms with Crippen LogP contribution in [0.2, 0.25) is 0 Å². The van der Waals surface area contributed by atoms with Crippen LogP contribution in [-0.2, 0) is 20.9 Å². The number of rotatable bonds is 7. The first-order valence-corrected chi connectivity index (χ1v) is 7.86. The highest BCUT2D eigenvalue weighted by atomic mass is 19.1. The number of β-lactam (4-membered cyclic amide) rings is 1. The van der Waals surface area contributed by atoms with Crippen LogP contribution in [0.1, 0.15) is 18.9 Å². The van der Waals surface area contributed by atoms with Crippen molar-refractivity contribution in [2.75, 3.05) is 0 Å². The van der Waals surface area contributed by atoms with Gasteiger partial charge in [0.15, 0.2) is 10.7 Å². The van der Waals surface area contributed by atoms with E-state index in [1.165, 1.54) is 31.2 Å². The number of aliphatic hydroxyl groups excluding tert-OH is 1. The van der Waals surface area contributed by atoms with Crippen LogP contribution in [0.15, 0.2) is 35.7 Å². The molecular formula is C16H16FN4O6+. The summed E-state index contributed by atoms with van der Waals surface area (Å²) in [5.74, 6) is -3.29. The molecule has 1 aromatic rings. The molecule has 142 valence electrons. The normalized spacial score (nSPS) is 20.4. The summed E-state index contributed by atoms with van der Waals surface area (Å²) >= 11 is 0. The molecule has 1 amide bonds. The van der Waals surface area contributed by atoms with E-state index in [9.17, 15) is 29.2 Å². The number of nitrogens with zero attached hydrogens (tertiary/aromatic N) is 3. The van der Waals surface area contributed by atoms with Gasteiger partial charge in [0.05, 0.1) is 16.9 Å². The number of carbonyl (C=O) groups excluding carboxylic acids is 2. The van der Waals surface area contributed by atoms with Crippen LogP contribution in [0, 0.1) is 21.4 Å². The fourth-order valence-electron chi connectivity index (χ4n) is 2.61. The third-order valence-corrected chi connectivity index (χ3v) is 4.06. The summed E-state index contributed by atoms with van der Waals surface area (Å²) in [5, 5.41) is 31.9. The molecule has 1 saturated heterocycles. The Kier molecular flexibility index (Phi) is 6.02. The van der Waals surface area contributed by atoms with Crippen LogP contribution >= 0.6 is 0 Å². The van der Waals surface area contributed by atoms with Crippen LogP contribution in [0.3, 0.4) is 0 Å². The highest BCUT2D eigenvalue weighted by Crippen LogP contribution is 2.27. The number of nitrogens with one attached hydrogen (secondary N) is 1. The predicted molar refractivity (Wildman–Crippen MR) is 88.2 cm³/mol. The van der Waals surface area contributed by atoms with E-state index in [0.29, 0.717) is 5.56 Å². The molecule has 0 spiro atoms. The molecule has 0 saturated carbocycles. The maximum atomic E-state index is 13.4. The van der Waals surface area contributed by atoms with Crippen molar-refractivity contribution < 1.29 is 28.7 Å². The van der Waals surface area contributed by atoms with E-state index < -0.39 is 46.4 Å². The van der Waals surface area contributed by atoms with E-state index in [2.05, 4.69) is 10.3 Å². The molecule has 27 heavy (non-hydrogen) atoms. The number of hydrogen-bond donors (Lipinski definition) is 2. The lowest BCUT2D eigenvalue weighted by Crippen LogP contribution is -2.61. The zero-order valence-corrected chi connectivity index (χ0v) is 14.2. The van der Waals surface area contributed by atoms with Gasteiger partial charge in [-0.2, -0.15) is 0 Å². The van der Waals surface area contributed by atoms with Crippen molar-refractivity contribution in [2.24, 2.45) is 5.92 Å². The first-order valence-electron chi connectivity index (χ1n) is 7.86. The Morgan fingerprint density at radius 2 is 2.11 bits per heavy atom. The highest BCUT2D eigenvalue weighted by Gasteiger charge is 2.45. The van der Waals surface area contributed by atoms with Gasteiger partial charge in [0, 0.05) is 18.6 Å². The largest absolute Gasteiger partial charge is 0.505 e. The first-order chi connectivity index (χ1) is 12.7. The van der Waals surface area contributed by atoms with Crippen LogP contribution in [-0.4, -0.2) is 34.1 Å². The molecule has 0 aliphatic carbocycles. The SMILES string of the molecule is C[C@@H](F)C1C(=O)NC1C/C(O)=C(\[N+]#N)C(=O)OCc1ccc([N+](=O)[O-])cc1.